The van der Waals surface area contributed by atoms with Gasteiger partial charge in [0.1, 0.15) is 6.61 Å². The lowest BCUT2D eigenvalue weighted by molar-refractivity contribution is -0.139. The fourth-order valence-corrected chi connectivity index (χ4v) is 0.829. The van der Waals surface area contributed by atoms with Crippen LogP contribution in [0.1, 0.15) is 0 Å². The summed E-state index contributed by atoms with van der Waals surface area (Å²) in [4.78, 5) is 12.7. The Morgan fingerprint density at radius 1 is 1.12 bits per heavy atom. The molecule has 16 heavy (non-hydrogen) atoms. The molecule has 0 saturated heterocycles. The van der Waals surface area contributed by atoms with Crippen molar-refractivity contribution in [3.63, 3.8) is 0 Å². The Kier molecular flexibility index (Phi) is 10.00. The van der Waals surface area contributed by atoms with Crippen molar-refractivity contribution in [1.82, 2.24) is 4.90 Å². The summed E-state index contributed by atoms with van der Waals surface area (Å²) in [6, 6.07) is 0. The molecule has 5 heteroatoms. The lowest BCUT2D eigenvalue weighted by Gasteiger charge is -2.09. The zero-order chi connectivity index (χ0) is 12.2. The molecule has 94 valence electrons. The van der Waals surface area contributed by atoms with Crippen LogP contribution in [0.15, 0.2) is 12.7 Å². The molecule has 0 unspecified atom stereocenters. The fourth-order valence-electron chi connectivity index (χ4n) is 0.829. The van der Waals surface area contributed by atoms with Crippen LogP contribution in [-0.2, 0) is 19.0 Å². The second-order valence-electron chi connectivity index (χ2n) is 3.40. The van der Waals surface area contributed by atoms with E-state index in [0.717, 1.165) is 12.6 Å². The Morgan fingerprint density at radius 3 is 2.25 bits per heavy atom. The fraction of sp³-hybridized carbons (Fsp3) is 0.727. The first-order chi connectivity index (χ1) is 7.66. The average Bonchev–Trinajstić information content (AvgIpc) is 2.26. The minimum absolute atomic E-state index is 0.253. The third kappa shape index (κ3) is 11.2. The van der Waals surface area contributed by atoms with Crippen LogP contribution in [0.3, 0.4) is 0 Å². The maximum Gasteiger partial charge on any atom is 0.330 e. The normalized spacial score (nSPS) is 10.4. The van der Waals surface area contributed by atoms with Crippen molar-refractivity contribution in [2.24, 2.45) is 0 Å². The third-order valence-electron chi connectivity index (χ3n) is 1.69. The highest BCUT2D eigenvalue weighted by Gasteiger charge is 1.95. The molecule has 0 heterocycles. The Hall–Kier alpha value is -0.910. The highest BCUT2D eigenvalue weighted by atomic mass is 16.6. The van der Waals surface area contributed by atoms with Gasteiger partial charge in [0.25, 0.3) is 0 Å². The van der Waals surface area contributed by atoms with Crippen LogP contribution in [0.2, 0.25) is 0 Å². The molecule has 0 N–H and O–H groups in total. The first-order valence-corrected chi connectivity index (χ1v) is 5.26. The quantitative estimate of drug-likeness (QED) is 0.308. The molecule has 0 rings (SSSR count). The summed E-state index contributed by atoms with van der Waals surface area (Å²) in [5, 5.41) is 0. The van der Waals surface area contributed by atoms with E-state index in [2.05, 4.69) is 11.5 Å². The zero-order valence-electron chi connectivity index (χ0n) is 10.1. The molecule has 0 aliphatic heterocycles. The summed E-state index contributed by atoms with van der Waals surface area (Å²) in [7, 11) is 3.99. The SMILES string of the molecule is C=CC(=O)OCCOCCOCCN(C)C. The lowest BCUT2D eigenvalue weighted by atomic mass is 10.6. The van der Waals surface area contributed by atoms with Crippen molar-refractivity contribution in [3.8, 4) is 0 Å². The molecule has 0 aliphatic rings. The summed E-state index contributed by atoms with van der Waals surface area (Å²) in [6.07, 6.45) is 1.13. The highest BCUT2D eigenvalue weighted by molar-refractivity contribution is 5.81. The minimum Gasteiger partial charge on any atom is -0.460 e. The van der Waals surface area contributed by atoms with Crippen molar-refractivity contribution in [2.45, 2.75) is 0 Å². The van der Waals surface area contributed by atoms with E-state index in [1.807, 2.05) is 14.1 Å². The van der Waals surface area contributed by atoms with Crippen LogP contribution in [0.4, 0.5) is 0 Å². The molecule has 0 aromatic rings. The van der Waals surface area contributed by atoms with Crippen molar-refractivity contribution in [2.75, 3.05) is 53.7 Å². The van der Waals surface area contributed by atoms with Crippen molar-refractivity contribution < 1.29 is 19.0 Å². The number of likely N-dealkylation sites (N-methyl/N-ethyl adjacent to an activating group) is 1. The van der Waals surface area contributed by atoms with Gasteiger partial charge in [0.05, 0.1) is 26.4 Å². The van der Waals surface area contributed by atoms with E-state index in [4.69, 9.17) is 14.2 Å². The van der Waals surface area contributed by atoms with Crippen LogP contribution in [0.5, 0.6) is 0 Å². The third-order valence-corrected chi connectivity index (χ3v) is 1.69. The van der Waals surface area contributed by atoms with Gasteiger partial charge in [-0.2, -0.15) is 0 Å². The molecular weight excluding hydrogens is 210 g/mol. The van der Waals surface area contributed by atoms with Crippen LogP contribution in [0.25, 0.3) is 0 Å². The molecule has 0 amide bonds. The first kappa shape index (κ1) is 15.1. The summed E-state index contributed by atoms with van der Waals surface area (Å²) >= 11 is 0. The van der Waals surface area contributed by atoms with E-state index >= 15 is 0 Å². The standard InChI is InChI=1S/C11H21NO4/c1-4-11(13)16-10-9-15-8-7-14-6-5-12(2)3/h4H,1,5-10H2,2-3H3. The molecule has 0 atom stereocenters. The molecule has 0 fully saturated rings. The van der Waals surface area contributed by atoms with E-state index in [-0.39, 0.29) is 6.61 Å². The number of nitrogens with zero attached hydrogens (tertiary/aromatic N) is 1. The Bertz CT molecular complexity index is 194. The second-order valence-corrected chi connectivity index (χ2v) is 3.40. The van der Waals surface area contributed by atoms with E-state index < -0.39 is 5.97 Å². The molecule has 0 aliphatic carbocycles. The largest absolute Gasteiger partial charge is 0.460 e. The molecule has 0 radical (unpaired) electrons. The smallest absolute Gasteiger partial charge is 0.330 e. The molecule has 0 spiro atoms. The first-order valence-electron chi connectivity index (χ1n) is 5.26. The van der Waals surface area contributed by atoms with Gasteiger partial charge in [0, 0.05) is 12.6 Å². The van der Waals surface area contributed by atoms with Gasteiger partial charge < -0.3 is 19.1 Å². The number of rotatable bonds is 10. The van der Waals surface area contributed by atoms with E-state index in [9.17, 15) is 4.79 Å². The van der Waals surface area contributed by atoms with Gasteiger partial charge in [-0.25, -0.2) is 4.79 Å². The number of hydrogen-bond acceptors (Lipinski definition) is 5. The number of carbonyl (C=O) groups is 1. The zero-order valence-corrected chi connectivity index (χ0v) is 10.1. The number of hydrogen-bond donors (Lipinski definition) is 0. The van der Waals surface area contributed by atoms with E-state index in [1.165, 1.54) is 0 Å². The molecule has 0 aromatic heterocycles. The Morgan fingerprint density at radius 2 is 1.69 bits per heavy atom. The second kappa shape index (κ2) is 10.6. The molecule has 0 saturated carbocycles. The van der Waals surface area contributed by atoms with Crippen LogP contribution >= 0.6 is 0 Å². The summed E-state index contributed by atoms with van der Waals surface area (Å²) in [5.74, 6) is -0.425. The topological polar surface area (TPSA) is 48.0 Å². The number of esters is 1. The molecule has 0 aromatic carbocycles. The van der Waals surface area contributed by atoms with Crippen LogP contribution < -0.4 is 0 Å². The van der Waals surface area contributed by atoms with Gasteiger partial charge in [-0.05, 0) is 14.1 Å². The monoisotopic (exact) mass is 231 g/mol. The van der Waals surface area contributed by atoms with E-state index in [0.29, 0.717) is 26.4 Å². The van der Waals surface area contributed by atoms with Crippen molar-refractivity contribution in [1.29, 1.82) is 0 Å². The summed E-state index contributed by atoms with van der Waals surface area (Å²) in [6.45, 7) is 6.59. The molecule has 0 bridgehead atoms. The number of ether oxygens (including phenoxy) is 3. The number of carbonyl (C=O) groups excluding carboxylic acids is 1. The summed E-state index contributed by atoms with van der Waals surface area (Å²) < 4.78 is 15.2. The van der Waals surface area contributed by atoms with E-state index in [1.54, 1.807) is 0 Å². The average molecular weight is 231 g/mol. The minimum atomic E-state index is -0.425. The van der Waals surface area contributed by atoms with Crippen LogP contribution in [0, 0.1) is 0 Å². The molecule has 5 nitrogen and oxygen atoms in total. The maximum atomic E-state index is 10.6. The predicted molar refractivity (Wildman–Crippen MR) is 61.3 cm³/mol. The Balaban J connectivity index is 3.04. The maximum absolute atomic E-state index is 10.6. The highest BCUT2D eigenvalue weighted by Crippen LogP contribution is 1.83. The Labute approximate surface area is 97.0 Å². The predicted octanol–water partition coefficient (Wildman–Crippen LogP) is 0.310. The van der Waals surface area contributed by atoms with Crippen molar-refractivity contribution in [3.05, 3.63) is 12.7 Å². The lowest BCUT2D eigenvalue weighted by Crippen LogP contribution is -2.19. The van der Waals surface area contributed by atoms with Gasteiger partial charge >= 0.3 is 5.97 Å². The van der Waals surface area contributed by atoms with Gasteiger partial charge in [0.2, 0.25) is 0 Å². The van der Waals surface area contributed by atoms with Gasteiger partial charge in [-0.1, -0.05) is 6.58 Å². The molecular formula is C11H21NO4. The van der Waals surface area contributed by atoms with Gasteiger partial charge in [0.15, 0.2) is 0 Å². The van der Waals surface area contributed by atoms with Crippen LogP contribution in [-0.4, -0.2) is 64.5 Å². The summed E-state index contributed by atoms with van der Waals surface area (Å²) in [5.41, 5.74) is 0. The van der Waals surface area contributed by atoms with Gasteiger partial charge in [-0.15, -0.1) is 0 Å². The van der Waals surface area contributed by atoms with Crippen molar-refractivity contribution >= 4 is 5.97 Å². The van der Waals surface area contributed by atoms with Gasteiger partial charge in [-0.3, -0.25) is 0 Å².